The van der Waals surface area contributed by atoms with E-state index >= 15 is 0 Å². The SMILES string of the molecule is Cc1ccc(CN2CCc3ncn(CC(=O)NCc4ccc(F)cc4F)c(=O)c3C2)cc1. The molecule has 3 aromatic rings. The van der Waals surface area contributed by atoms with Crippen LogP contribution in [0.5, 0.6) is 0 Å². The van der Waals surface area contributed by atoms with Gasteiger partial charge in [-0.1, -0.05) is 35.9 Å². The zero-order valence-electron chi connectivity index (χ0n) is 17.8. The molecule has 1 amide bonds. The van der Waals surface area contributed by atoms with Crippen LogP contribution in [-0.2, 0) is 37.4 Å². The molecule has 2 heterocycles. The Kier molecular flexibility index (Phi) is 6.41. The fraction of sp³-hybridized carbons (Fsp3) is 0.292. The van der Waals surface area contributed by atoms with Gasteiger partial charge in [-0.2, -0.15) is 0 Å². The Labute approximate surface area is 184 Å². The monoisotopic (exact) mass is 438 g/mol. The van der Waals surface area contributed by atoms with Gasteiger partial charge in [0.1, 0.15) is 18.2 Å². The van der Waals surface area contributed by atoms with E-state index in [1.165, 1.54) is 28.1 Å². The van der Waals surface area contributed by atoms with Gasteiger partial charge in [0.15, 0.2) is 0 Å². The highest BCUT2D eigenvalue weighted by atomic mass is 19.1. The van der Waals surface area contributed by atoms with Crippen LogP contribution in [0.4, 0.5) is 8.78 Å². The molecule has 2 aromatic carbocycles. The first kappa shape index (κ1) is 21.8. The molecule has 0 spiro atoms. The van der Waals surface area contributed by atoms with Gasteiger partial charge < -0.3 is 5.32 Å². The third-order valence-corrected chi connectivity index (χ3v) is 5.60. The first-order valence-electron chi connectivity index (χ1n) is 10.4. The van der Waals surface area contributed by atoms with Crippen LogP contribution in [0.25, 0.3) is 0 Å². The van der Waals surface area contributed by atoms with Crippen LogP contribution in [0.1, 0.15) is 27.9 Å². The summed E-state index contributed by atoms with van der Waals surface area (Å²) in [5.74, 6) is -1.86. The molecule has 0 aliphatic carbocycles. The number of hydrogen-bond donors (Lipinski definition) is 1. The highest BCUT2D eigenvalue weighted by Crippen LogP contribution is 2.16. The number of nitrogens with one attached hydrogen (secondary N) is 1. The summed E-state index contributed by atoms with van der Waals surface area (Å²) >= 11 is 0. The van der Waals surface area contributed by atoms with Crippen molar-refractivity contribution in [2.75, 3.05) is 6.54 Å². The van der Waals surface area contributed by atoms with Gasteiger partial charge in [0.05, 0.1) is 17.6 Å². The van der Waals surface area contributed by atoms with Crippen LogP contribution >= 0.6 is 0 Å². The van der Waals surface area contributed by atoms with E-state index in [2.05, 4.69) is 39.5 Å². The van der Waals surface area contributed by atoms with Crippen LogP contribution in [0.2, 0.25) is 0 Å². The summed E-state index contributed by atoms with van der Waals surface area (Å²) in [5, 5.41) is 2.56. The summed E-state index contributed by atoms with van der Waals surface area (Å²) in [6, 6.07) is 11.5. The molecule has 0 radical (unpaired) electrons. The average Bonchev–Trinajstić information content (AvgIpc) is 2.77. The van der Waals surface area contributed by atoms with Crippen LogP contribution in [0, 0.1) is 18.6 Å². The molecule has 1 aliphatic heterocycles. The van der Waals surface area contributed by atoms with Crippen LogP contribution in [0.3, 0.4) is 0 Å². The van der Waals surface area contributed by atoms with Gasteiger partial charge in [0, 0.05) is 44.2 Å². The lowest BCUT2D eigenvalue weighted by molar-refractivity contribution is -0.121. The Morgan fingerprint density at radius 2 is 1.94 bits per heavy atom. The number of carbonyl (C=O) groups is 1. The van der Waals surface area contributed by atoms with Gasteiger partial charge in [-0.05, 0) is 18.6 Å². The molecule has 1 N–H and O–H groups in total. The Morgan fingerprint density at radius 1 is 1.16 bits per heavy atom. The smallest absolute Gasteiger partial charge is 0.258 e. The third-order valence-electron chi connectivity index (χ3n) is 5.60. The molecule has 1 aromatic heterocycles. The number of benzene rings is 2. The molecule has 0 unspecified atom stereocenters. The number of amides is 1. The second kappa shape index (κ2) is 9.40. The summed E-state index contributed by atoms with van der Waals surface area (Å²) in [6.45, 7) is 3.74. The topological polar surface area (TPSA) is 67.2 Å². The minimum atomic E-state index is -0.730. The van der Waals surface area contributed by atoms with Crippen molar-refractivity contribution < 1.29 is 13.6 Å². The Balaban J connectivity index is 1.41. The second-order valence-corrected chi connectivity index (χ2v) is 8.06. The number of aryl methyl sites for hydroxylation is 1. The third kappa shape index (κ3) is 5.08. The normalized spacial score (nSPS) is 13.6. The van der Waals surface area contributed by atoms with E-state index in [1.807, 2.05) is 6.92 Å². The predicted molar refractivity (Wildman–Crippen MR) is 116 cm³/mol. The zero-order chi connectivity index (χ0) is 22.7. The van der Waals surface area contributed by atoms with E-state index in [9.17, 15) is 18.4 Å². The lowest BCUT2D eigenvalue weighted by atomic mass is 10.1. The van der Waals surface area contributed by atoms with Gasteiger partial charge in [-0.3, -0.25) is 19.1 Å². The van der Waals surface area contributed by atoms with Crippen LogP contribution < -0.4 is 10.9 Å². The lowest BCUT2D eigenvalue weighted by Crippen LogP contribution is -2.39. The molecular formula is C24H24F2N4O2. The minimum absolute atomic E-state index is 0.0948. The van der Waals surface area contributed by atoms with E-state index in [1.54, 1.807) is 0 Å². The molecule has 8 heteroatoms. The van der Waals surface area contributed by atoms with Crippen molar-refractivity contribution in [3.63, 3.8) is 0 Å². The van der Waals surface area contributed by atoms with Crippen molar-refractivity contribution in [1.82, 2.24) is 19.8 Å². The van der Waals surface area contributed by atoms with Crippen molar-refractivity contribution in [3.05, 3.63) is 98.7 Å². The highest BCUT2D eigenvalue weighted by Gasteiger charge is 2.22. The van der Waals surface area contributed by atoms with Crippen molar-refractivity contribution >= 4 is 5.91 Å². The maximum atomic E-state index is 13.7. The van der Waals surface area contributed by atoms with Crippen molar-refractivity contribution in [2.24, 2.45) is 0 Å². The van der Waals surface area contributed by atoms with E-state index < -0.39 is 17.5 Å². The summed E-state index contributed by atoms with van der Waals surface area (Å²) < 4.78 is 28.0. The van der Waals surface area contributed by atoms with E-state index in [-0.39, 0.29) is 24.2 Å². The van der Waals surface area contributed by atoms with Crippen molar-refractivity contribution in [1.29, 1.82) is 0 Å². The molecular weight excluding hydrogens is 414 g/mol. The Morgan fingerprint density at radius 3 is 2.69 bits per heavy atom. The molecule has 166 valence electrons. The number of carbonyl (C=O) groups excluding carboxylic acids is 1. The largest absolute Gasteiger partial charge is 0.350 e. The molecule has 4 rings (SSSR count). The van der Waals surface area contributed by atoms with Gasteiger partial charge in [0.2, 0.25) is 5.91 Å². The van der Waals surface area contributed by atoms with Gasteiger partial charge in [-0.15, -0.1) is 0 Å². The fourth-order valence-electron chi connectivity index (χ4n) is 3.78. The van der Waals surface area contributed by atoms with E-state index in [0.29, 0.717) is 18.5 Å². The number of hydrogen-bond acceptors (Lipinski definition) is 4. The molecule has 1 aliphatic rings. The van der Waals surface area contributed by atoms with Gasteiger partial charge in [0.25, 0.3) is 5.56 Å². The van der Waals surface area contributed by atoms with E-state index in [4.69, 9.17) is 0 Å². The first-order chi connectivity index (χ1) is 15.4. The number of fused-ring (bicyclic) bond motifs is 1. The van der Waals surface area contributed by atoms with Crippen molar-refractivity contribution in [2.45, 2.75) is 39.5 Å². The van der Waals surface area contributed by atoms with Gasteiger partial charge in [-0.25, -0.2) is 13.8 Å². The highest BCUT2D eigenvalue weighted by molar-refractivity contribution is 5.75. The molecule has 0 bridgehead atoms. The van der Waals surface area contributed by atoms with Crippen LogP contribution in [-0.4, -0.2) is 26.9 Å². The zero-order valence-corrected chi connectivity index (χ0v) is 17.8. The number of aromatic nitrogens is 2. The molecule has 0 atom stereocenters. The summed E-state index contributed by atoms with van der Waals surface area (Å²) in [6.07, 6.45) is 2.06. The Bertz CT molecular complexity index is 1190. The number of nitrogens with zero attached hydrogens (tertiary/aromatic N) is 3. The summed E-state index contributed by atoms with van der Waals surface area (Å²) in [4.78, 5) is 31.9. The Hall–Kier alpha value is -3.39. The molecule has 0 saturated heterocycles. The lowest BCUT2D eigenvalue weighted by Gasteiger charge is -2.28. The van der Waals surface area contributed by atoms with Crippen LogP contribution in [0.15, 0.2) is 53.6 Å². The average molecular weight is 438 g/mol. The van der Waals surface area contributed by atoms with Crippen molar-refractivity contribution in [3.8, 4) is 0 Å². The standard InChI is InChI=1S/C24H24F2N4O2/c1-16-2-4-17(5-3-16)12-29-9-8-22-20(13-29)24(32)30(15-28-22)14-23(31)27-11-18-6-7-19(25)10-21(18)26/h2-7,10,15H,8-9,11-14H2,1H3,(H,27,31). The predicted octanol–water partition coefficient (Wildman–Crippen LogP) is 2.70. The minimum Gasteiger partial charge on any atom is -0.350 e. The van der Waals surface area contributed by atoms with E-state index in [0.717, 1.165) is 30.9 Å². The molecule has 0 fully saturated rings. The fourth-order valence-corrected chi connectivity index (χ4v) is 3.78. The molecule has 0 saturated carbocycles. The number of halogens is 2. The maximum Gasteiger partial charge on any atom is 0.258 e. The summed E-state index contributed by atoms with van der Waals surface area (Å²) in [7, 11) is 0. The maximum absolute atomic E-state index is 13.7. The molecule has 6 nitrogen and oxygen atoms in total. The molecule has 32 heavy (non-hydrogen) atoms. The summed E-state index contributed by atoms with van der Waals surface area (Å²) in [5.41, 5.74) is 3.67. The second-order valence-electron chi connectivity index (χ2n) is 8.06. The van der Waals surface area contributed by atoms with Gasteiger partial charge >= 0.3 is 0 Å². The number of rotatable bonds is 6. The quantitative estimate of drug-likeness (QED) is 0.643. The first-order valence-corrected chi connectivity index (χ1v) is 10.4.